The van der Waals surface area contributed by atoms with Crippen molar-refractivity contribution in [3.05, 3.63) is 71.5 Å². The fourth-order valence-electron chi connectivity index (χ4n) is 6.55. The molecule has 274 valence electrons. The Bertz CT molecular complexity index is 1820. The minimum Gasteiger partial charge on any atom is -0.444 e. The summed E-state index contributed by atoms with van der Waals surface area (Å²) in [5.74, 6) is -0.154. The van der Waals surface area contributed by atoms with Crippen LogP contribution in [0.5, 0.6) is 0 Å². The topological polar surface area (TPSA) is 95.8 Å². The second kappa shape index (κ2) is 14.0. The van der Waals surface area contributed by atoms with E-state index in [-0.39, 0.29) is 24.1 Å². The van der Waals surface area contributed by atoms with Crippen molar-refractivity contribution in [2.45, 2.75) is 83.1 Å². The van der Waals surface area contributed by atoms with Gasteiger partial charge in [-0.1, -0.05) is 24.3 Å². The van der Waals surface area contributed by atoms with Gasteiger partial charge in [-0.05, 0) is 75.8 Å². The number of benzene rings is 2. The molecule has 1 amide bonds. The van der Waals surface area contributed by atoms with Gasteiger partial charge < -0.3 is 24.6 Å². The second-order valence-corrected chi connectivity index (χ2v) is 14.2. The van der Waals surface area contributed by atoms with E-state index in [0.29, 0.717) is 81.6 Å². The van der Waals surface area contributed by atoms with Gasteiger partial charge in [-0.25, -0.2) is 9.78 Å². The van der Waals surface area contributed by atoms with Crippen LogP contribution in [0.3, 0.4) is 0 Å². The van der Waals surface area contributed by atoms with Gasteiger partial charge in [0.05, 0.1) is 17.2 Å². The third-order valence-corrected chi connectivity index (χ3v) is 9.17. The van der Waals surface area contributed by atoms with Crippen molar-refractivity contribution in [2.75, 3.05) is 31.5 Å². The van der Waals surface area contributed by atoms with E-state index in [4.69, 9.17) is 4.74 Å². The molecule has 0 bridgehead atoms. The maximum absolute atomic E-state index is 13.5. The first-order valence-electron chi connectivity index (χ1n) is 16.8. The molecule has 1 saturated heterocycles. The van der Waals surface area contributed by atoms with E-state index < -0.39 is 40.9 Å². The predicted octanol–water partition coefficient (Wildman–Crippen LogP) is 8.41. The Balaban J connectivity index is 1.24. The molecule has 1 aliphatic heterocycles. The number of hydrogen-bond acceptors (Lipinski definition) is 7. The third kappa shape index (κ3) is 8.75. The lowest BCUT2D eigenvalue weighted by atomic mass is 9.93. The Morgan fingerprint density at radius 1 is 0.902 bits per heavy atom. The molecule has 3 heterocycles. The molecule has 2 aliphatic rings. The summed E-state index contributed by atoms with van der Waals surface area (Å²) < 4.78 is 88.4. The van der Waals surface area contributed by atoms with Crippen LogP contribution >= 0.6 is 0 Å². The summed E-state index contributed by atoms with van der Waals surface area (Å²) in [6, 6.07) is 9.26. The van der Waals surface area contributed by atoms with Crippen molar-refractivity contribution in [2.24, 2.45) is 0 Å². The fraction of sp³-hybridized carbons (Fsp3) is 0.472. The molecule has 0 spiro atoms. The number of carbonyl (C=O) groups is 1. The highest BCUT2D eigenvalue weighted by molar-refractivity contribution is 5.94. The van der Waals surface area contributed by atoms with Crippen LogP contribution in [0.4, 0.5) is 42.8 Å². The maximum Gasteiger partial charge on any atom is 0.416 e. The van der Waals surface area contributed by atoms with Crippen LogP contribution in [0, 0.1) is 0 Å². The molecule has 2 aromatic heterocycles. The van der Waals surface area contributed by atoms with Gasteiger partial charge in [-0.2, -0.15) is 31.3 Å². The molecule has 9 nitrogen and oxygen atoms in total. The number of alkyl halides is 6. The number of amides is 1. The van der Waals surface area contributed by atoms with E-state index in [1.807, 2.05) is 55.8 Å². The molecule has 1 aliphatic carbocycles. The summed E-state index contributed by atoms with van der Waals surface area (Å²) in [6.07, 6.45) is -4.75. The van der Waals surface area contributed by atoms with Crippen molar-refractivity contribution >= 4 is 28.8 Å². The number of halogens is 6. The number of piperazine rings is 1. The van der Waals surface area contributed by atoms with Gasteiger partial charge in [-0.15, -0.1) is 0 Å². The average molecular weight is 719 g/mol. The number of fused-ring (bicyclic) bond motifs is 1. The summed E-state index contributed by atoms with van der Waals surface area (Å²) in [5.41, 5.74) is -0.641. The van der Waals surface area contributed by atoms with E-state index in [9.17, 15) is 36.2 Å². The molecule has 15 heteroatoms. The predicted molar refractivity (Wildman–Crippen MR) is 179 cm³/mol. The number of aromatic nitrogens is 3. The monoisotopic (exact) mass is 718 g/mol. The zero-order chi connectivity index (χ0) is 36.7. The van der Waals surface area contributed by atoms with Gasteiger partial charge in [0.1, 0.15) is 11.2 Å². The van der Waals surface area contributed by atoms with E-state index in [2.05, 4.69) is 20.2 Å². The summed E-state index contributed by atoms with van der Waals surface area (Å²) >= 11 is 0. The average Bonchev–Trinajstić information content (AvgIpc) is 3.43. The van der Waals surface area contributed by atoms with Gasteiger partial charge in [0.25, 0.3) is 0 Å². The van der Waals surface area contributed by atoms with Gasteiger partial charge in [0.2, 0.25) is 5.95 Å². The molecule has 2 fully saturated rings. The molecule has 1 saturated carbocycles. The Kier molecular flexibility index (Phi) is 9.98. The minimum atomic E-state index is -5.00. The van der Waals surface area contributed by atoms with Crippen LogP contribution in [-0.2, 0) is 23.6 Å². The lowest BCUT2D eigenvalue weighted by Crippen LogP contribution is -2.49. The molecule has 0 radical (unpaired) electrons. The standard InChI is InChI=1S/C36H40F6N6O3/c1-34(2,3)51-33(50)47-14-12-46(13-15-47)20-22-4-6-23(7-5-22)30-21-48(27-8-10-28(49)11-9-27)31-29(30)19-43-32(45-31)44-26-17-24(35(37,38)39)16-25(18-26)36(40,41)42/h4-7,16-19,21,27-28,49H,8-15,20H2,1-3H3,(H,43,44,45). The van der Waals surface area contributed by atoms with Crippen molar-refractivity contribution in [1.82, 2.24) is 24.3 Å². The summed E-state index contributed by atoms with van der Waals surface area (Å²) in [5, 5.41) is 13.4. The zero-order valence-corrected chi connectivity index (χ0v) is 28.5. The maximum atomic E-state index is 13.5. The first-order chi connectivity index (χ1) is 23.9. The van der Waals surface area contributed by atoms with Gasteiger partial charge in [-0.3, -0.25) is 4.90 Å². The van der Waals surface area contributed by atoms with Crippen molar-refractivity contribution in [3.63, 3.8) is 0 Å². The summed E-state index contributed by atoms with van der Waals surface area (Å²) in [4.78, 5) is 25.3. The van der Waals surface area contributed by atoms with Crippen LogP contribution in [0.25, 0.3) is 22.2 Å². The van der Waals surface area contributed by atoms with Crippen LogP contribution in [0.1, 0.15) is 69.2 Å². The zero-order valence-electron chi connectivity index (χ0n) is 28.5. The number of nitrogens with one attached hydrogen (secondary N) is 1. The fourth-order valence-corrected chi connectivity index (χ4v) is 6.55. The van der Waals surface area contributed by atoms with Crippen molar-refractivity contribution in [1.29, 1.82) is 0 Å². The van der Waals surface area contributed by atoms with Crippen molar-refractivity contribution in [3.8, 4) is 11.1 Å². The third-order valence-electron chi connectivity index (χ3n) is 9.17. The van der Waals surface area contributed by atoms with Crippen LogP contribution < -0.4 is 5.32 Å². The number of carbonyl (C=O) groups excluding carboxylic acids is 1. The number of ether oxygens (including phenoxy) is 1. The normalized spacial score (nSPS) is 19.4. The van der Waals surface area contributed by atoms with Gasteiger partial charge >= 0.3 is 18.4 Å². The smallest absolute Gasteiger partial charge is 0.416 e. The van der Waals surface area contributed by atoms with Gasteiger partial charge in [0, 0.05) is 67.8 Å². The minimum absolute atomic E-state index is 0.0311. The molecule has 0 atom stereocenters. The molecule has 4 aromatic rings. The Morgan fingerprint density at radius 3 is 2.08 bits per heavy atom. The molecule has 2 N–H and O–H groups in total. The Hall–Kier alpha value is -4.37. The molecule has 51 heavy (non-hydrogen) atoms. The lowest BCUT2D eigenvalue weighted by Gasteiger charge is -2.35. The lowest BCUT2D eigenvalue weighted by molar-refractivity contribution is -0.143. The van der Waals surface area contributed by atoms with E-state index in [1.54, 1.807) is 4.90 Å². The van der Waals surface area contributed by atoms with Crippen LogP contribution in [0.15, 0.2) is 54.9 Å². The molecule has 6 rings (SSSR count). The largest absolute Gasteiger partial charge is 0.444 e. The Morgan fingerprint density at radius 2 is 1.51 bits per heavy atom. The first kappa shape index (κ1) is 36.4. The van der Waals surface area contributed by atoms with Crippen LogP contribution in [-0.4, -0.2) is 73.4 Å². The van der Waals surface area contributed by atoms with Gasteiger partial charge in [0.15, 0.2) is 0 Å². The molecule has 0 unspecified atom stereocenters. The Labute approximate surface area is 291 Å². The number of aliphatic hydroxyl groups is 1. The number of aliphatic hydroxyl groups excluding tert-OH is 1. The van der Waals surface area contributed by atoms with E-state index in [1.165, 1.54) is 6.20 Å². The molecular weight excluding hydrogens is 678 g/mol. The quantitative estimate of drug-likeness (QED) is 0.193. The summed E-state index contributed by atoms with van der Waals surface area (Å²) in [6.45, 7) is 8.76. The molecular formula is C36H40F6N6O3. The molecule has 2 aromatic carbocycles. The summed E-state index contributed by atoms with van der Waals surface area (Å²) in [7, 11) is 0. The van der Waals surface area contributed by atoms with E-state index in [0.717, 1.165) is 16.7 Å². The first-order valence-corrected chi connectivity index (χ1v) is 16.8. The highest BCUT2D eigenvalue weighted by Gasteiger charge is 2.37. The number of rotatable bonds is 6. The highest BCUT2D eigenvalue weighted by atomic mass is 19.4. The number of nitrogens with zero attached hydrogens (tertiary/aromatic N) is 5. The second-order valence-electron chi connectivity index (χ2n) is 14.2. The van der Waals surface area contributed by atoms with E-state index >= 15 is 0 Å². The highest BCUT2D eigenvalue weighted by Crippen LogP contribution is 2.40. The SMILES string of the molecule is CC(C)(C)OC(=O)N1CCN(Cc2ccc(-c3cn(C4CCC(O)CC4)c4nc(Nc5cc(C(F)(F)F)cc(C(F)(F)F)c5)ncc34)cc2)CC1. The number of anilines is 2. The van der Waals surface area contributed by atoms with Crippen LogP contribution in [0.2, 0.25) is 0 Å². The van der Waals surface area contributed by atoms with Crippen molar-refractivity contribution < 1.29 is 41.0 Å². The number of hydrogen-bond donors (Lipinski definition) is 2.